The SMILES string of the molecule is COC1CC(C(=O)O)N(C(=O)CN2C(=O)CCc3ccccc32)C1. The average Bonchev–Trinajstić information content (AvgIpc) is 3.02. The summed E-state index contributed by atoms with van der Waals surface area (Å²) in [6, 6.07) is 6.58. The number of rotatable bonds is 4. The number of carboxylic acids is 1. The summed E-state index contributed by atoms with van der Waals surface area (Å²) < 4.78 is 5.20. The minimum atomic E-state index is -1.05. The van der Waals surface area contributed by atoms with E-state index in [4.69, 9.17) is 4.74 Å². The molecule has 0 spiro atoms. The van der Waals surface area contributed by atoms with Crippen LogP contribution in [-0.4, -0.2) is 60.1 Å². The van der Waals surface area contributed by atoms with Crippen LogP contribution < -0.4 is 4.90 Å². The van der Waals surface area contributed by atoms with Crippen LogP contribution in [0.2, 0.25) is 0 Å². The summed E-state index contributed by atoms with van der Waals surface area (Å²) in [5, 5.41) is 9.33. The Balaban J connectivity index is 1.79. The zero-order chi connectivity index (χ0) is 17.3. The highest BCUT2D eigenvalue weighted by molar-refractivity contribution is 6.01. The Bertz CT molecular complexity index is 675. The van der Waals surface area contributed by atoms with E-state index in [1.807, 2.05) is 24.3 Å². The number of para-hydroxylation sites is 1. The Morgan fingerprint density at radius 1 is 1.29 bits per heavy atom. The molecule has 7 nitrogen and oxygen atoms in total. The maximum atomic E-state index is 12.7. The molecule has 2 aliphatic heterocycles. The van der Waals surface area contributed by atoms with Crippen molar-refractivity contribution in [1.29, 1.82) is 0 Å². The number of benzene rings is 1. The van der Waals surface area contributed by atoms with Crippen molar-refractivity contribution in [2.24, 2.45) is 0 Å². The minimum absolute atomic E-state index is 0.114. The number of hydrogen-bond acceptors (Lipinski definition) is 4. The summed E-state index contributed by atoms with van der Waals surface area (Å²) in [6.45, 7) is 0.0893. The fourth-order valence-electron chi connectivity index (χ4n) is 3.37. The maximum Gasteiger partial charge on any atom is 0.326 e. The third-order valence-corrected chi connectivity index (χ3v) is 4.69. The number of carboxylic acid groups (broad SMARTS) is 1. The number of nitrogens with zero attached hydrogens (tertiary/aromatic N) is 2. The predicted octanol–water partition coefficient (Wildman–Crippen LogP) is 0.666. The first-order valence-corrected chi connectivity index (χ1v) is 7.94. The van der Waals surface area contributed by atoms with E-state index in [1.165, 1.54) is 16.9 Å². The molecular weight excluding hydrogens is 312 g/mol. The standard InChI is InChI=1S/C17H20N2O5/c1-24-12-8-14(17(22)23)18(9-12)16(21)10-19-13-5-3-2-4-11(13)6-7-15(19)20/h2-5,12,14H,6-10H2,1H3,(H,22,23). The van der Waals surface area contributed by atoms with Crippen molar-refractivity contribution in [2.75, 3.05) is 25.1 Å². The van der Waals surface area contributed by atoms with E-state index in [1.54, 1.807) is 0 Å². The van der Waals surface area contributed by atoms with Gasteiger partial charge in [0.15, 0.2) is 0 Å². The fraction of sp³-hybridized carbons (Fsp3) is 0.471. The fourth-order valence-corrected chi connectivity index (χ4v) is 3.37. The molecule has 128 valence electrons. The molecule has 0 aliphatic carbocycles. The van der Waals surface area contributed by atoms with E-state index in [0.29, 0.717) is 12.8 Å². The molecule has 1 saturated heterocycles. The Hall–Kier alpha value is -2.41. The van der Waals surface area contributed by atoms with Crippen molar-refractivity contribution in [3.63, 3.8) is 0 Å². The molecule has 3 rings (SSSR count). The number of carbonyl (C=O) groups is 3. The zero-order valence-corrected chi connectivity index (χ0v) is 13.5. The molecule has 1 fully saturated rings. The molecule has 0 radical (unpaired) electrons. The molecule has 2 heterocycles. The van der Waals surface area contributed by atoms with Gasteiger partial charge in [0.2, 0.25) is 11.8 Å². The second-order valence-corrected chi connectivity index (χ2v) is 6.10. The van der Waals surface area contributed by atoms with Gasteiger partial charge in [-0.15, -0.1) is 0 Å². The first-order valence-electron chi connectivity index (χ1n) is 7.94. The lowest BCUT2D eigenvalue weighted by Gasteiger charge is -2.31. The number of likely N-dealkylation sites (tertiary alicyclic amines) is 1. The van der Waals surface area contributed by atoms with Crippen molar-refractivity contribution in [3.05, 3.63) is 29.8 Å². The highest BCUT2D eigenvalue weighted by Gasteiger charge is 2.40. The Morgan fingerprint density at radius 3 is 2.75 bits per heavy atom. The lowest BCUT2D eigenvalue weighted by atomic mass is 10.0. The number of amides is 2. The Kier molecular flexibility index (Phi) is 4.53. The largest absolute Gasteiger partial charge is 0.480 e. The third-order valence-electron chi connectivity index (χ3n) is 4.69. The van der Waals surface area contributed by atoms with Crippen LogP contribution in [0.1, 0.15) is 18.4 Å². The normalized spacial score (nSPS) is 23.3. The molecule has 0 aromatic heterocycles. The molecule has 7 heteroatoms. The van der Waals surface area contributed by atoms with Crippen molar-refractivity contribution >= 4 is 23.5 Å². The molecule has 2 amide bonds. The number of carbonyl (C=O) groups excluding carboxylic acids is 2. The smallest absolute Gasteiger partial charge is 0.326 e. The van der Waals surface area contributed by atoms with E-state index in [-0.39, 0.29) is 37.4 Å². The second kappa shape index (κ2) is 6.60. The van der Waals surface area contributed by atoms with Gasteiger partial charge in [-0.1, -0.05) is 18.2 Å². The zero-order valence-electron chi connectivity index (χ0n) is 13.5. The van der Waals surface area contributed by atoms with Crippen molar-refractivity contribution in [2.45, 2.75) is 31.4 Å². The van der Waals surface area contributed by atoms with Gasteiger partial charge in [-0.3, -0.25) is 9.59 Å². The summed E-state index contributed by atoms with van der Waals surface area (Å²) in [7, 11) is 1.50. The van der Waals surface area contributed by atoms with Gasteiger partial charge < -0.3 is 19.6 Å². The topological polar surface area (TPSA) is 87.2 Å². The van der Waals surface area contributed by atoms with Crippen molar-refractivity contribution in [1.82, 2.24) is 4.90 Å². The number of anilines is 1. The van der Waals surface area contributed by atoms with E-state index in [9.17, 15) is 19.5 Å². The number of aliphatic carboxylic acids is 1. The van der Waals surface area contributed by atoms with Gasteiger partial charge >= 0.3 is 5.97 Å². The molecule has 2 unspecified atom stereocenters. The van der Waals surface area contributed by atoms with E-state index < -0.39 is 12.0 Å². The summed E-state index contributed by atoms with van der Waals surface area (Å²) in [5.74, 6) is -1.53. The van der Waals surface area contributed by atoms with E-state index in [0.717, 1.165) is 11.3 Å². The van der Waals surface area contributed by atoms with E-state index >= 15 is 0 Å². The molecule has 1 aromatic rings. The highest BCUT2D eigenvalue weighted by Crippen LogP contribution is 2.28. The number of aryl methyl sites for hydroxylation is 1. The average molecular weight is 332 g/mol. The van der Waals surface area contributed by atoms with Gasteiger partial charge in [0.05, 0.1) is 6.10 Å². The molecule has 24 heavy (non-hydrogen) atoms. The molecule has 2 aliphatic rings. The highest BCUT2D eigenvalue weighted by atomic mass is 16.5. The van der Waals surface area contributed by atoms with Crippen LogP contribution in [0.5, 0.6) is 0 Å². The van der Waals surface area contributed by atoms with Crippen LogP contribution in [0.25, 0.3) is 0 Å². The van der Waals surface area contributed by atoms with Crippen molar-refractivity contribution in [3.8, 4) is 0 Å². The molecular formula is C17H20N2O5. The lowest BCUT2D eigenvalue weighted by molar-refractivity contribution is -0.147. The lowest BCUT2D eigenvalue weighted by Crippen LogP contribution is -2.48. The van der Waals surface area contributed by atoms with Crippen molar-refractivity contribution < 1.29 is 24.2 Å². The van der Waals surface area contributed by atoms with Crippen LogP contribution >= 0.6 is 0 Å². The quantitative estimate of drug-likeness (QED) is 0.875. The van der Waals surface area contributed by atoms with Gasteiger partial charge in [0, 0.05) is 32.2 Å². The number of ether oxygens (including phenoxy) is 1. The molecule has 1 N–H and O–H groups in total. The van der Waals surface area contributed by atoms with E-state index in [2.05, 4.69) is 0 Å². The van der Waals surface area contributed by atoms with Crippen LogP contribution in [-0.2, 0) is 25.5 Å². The summed E-state index contributed by atoms with van der Waals surface area (Å²) in [6.07, 6.45) is 0.988. The first kappa shape index (κ1) is 16.4. The van der Waals surface area contributed by atoms with Gasteiger partial charge in [-0.25, -0.2) is 4.79 Å². The monoisotopic (exact) mass is 332 g/mol. The molecule has 0 saturated carbocycles. The van der Waals surface area contributed by atoms with Crippen LogP contribution in [0.4, 0.5) is 5.69 Å². The van der Waals surface area contributed by atoms with Gasteiger partial charge in [-0.05, 0) is 18.1 Å². The van der Waals surface area contributed by atoms with Gasteiger partial charge in [-0.2, -0.15) is 0 Å². The Labute approximate surface area is 139 Å². The third kappa shape index (κ3) is 2.99. The molecule has 0 bridgehead atoms. The molecule has 1 aromatic carbocycles. The summed E-state index contributed by atoms with van der Waals surface area (Å²) in [5.41, 5.74) is 1.76. The van der Waals surface area contributed by atoms with Crippen LogP contribution in [0.3, 0.4) is 0 Å². The Morgan fingerprint density at radius 2 is 2.04 bits per heavy atom. The predicted molar refractivity (Wildman–Crippen MR) is 85.7 cm³/mol. The number of methoxy groups -OCH3 is 1. The number of hydrogen-bond donors (Lipinski definition) is 1. The second-order valence-electron chi connectivity index (χ2n) is 6.10. The van der Waals surface area contributed by atoms with Crippen LogP contribution in [0, 0.1) is 0 Å². The molecule has 2 atom stereocenters. The maximum absolute atomic E-state index is 12.7. The van der Waals surface area contributed by atoms with Crippen LogP contribution in [0.15, 0.2) is 24.3 Å². The van der Waals surface area contributed by atoms with Gasteiger partial charge in [0.25, 0.3) is 0 Å². The summed E-state index contributed by atoms with van der Waals surface area (Å²) in [4.78, 5) is 39.1. The minimum Gasteiger partial charge on any atom is -0.480 e. The summed E-state index contributed by atoms with van der Waals surface area (Å²) >= 11 is 0. The first-order chi connectivity index (χ1) is 11.5. The van der Waals surface area contributed by atoms with Gasteiger partial charge in [0.1, 0.15) is 12.6 Å². The number of fused-ring (bicyclic) bond motifs is 1.